The van der Waals surface area contributed by atoms with Crippen LogP contribution in [0, 0.1) is 0 Å². The summed E-state index contributed by atoms with van der Waals surface area (Å²) in [5.74, 6) is 1.33. The van der Waals surface area contributed by atoms with Crippen molar-refractivity contribution in [2.24, 2.45) is 0 Å². The summed E-state index contributed by atoms with van der Waals surface area (Å²) in [6.45, 7) is 4.47. The SMILES string of the molecule is CC1(CNCc2ccc(Br)cc2)CCCS1. The Balaban J connectivity index is 1.77. The second-order valence-corrected chi connectivity index (χ2v) is 7.23. The predicted octanol–water partition coefficient (Wildman–Crippen LogP) is 3.82. The number of halogens is 1. The molecule has 0 bridgehead atoms. The van der Waals surface area contributed by atoms with Crippen molar-refractivity contribution in [2.45, 2.75) is 31.1 Å². The van der Waals surface area contributed by atoms with Crippen molar-refractivity contribution in [3.63, 3.8) is 0 Å². The number of rotatable bonds is 4. The Morgan fingerprint density at radius 3 is 2.75 bits per heavy atom. The van der Waals surface area contributed by atoms with Gasteiger partial charge in [-0.15, -0.1) is 0 Å². The van der Waals surface area contributed by atoms with Gasteiger partial charge in [0.2, 0.25) is 0 Å². The second kappa shape index (κ2) is 5.56. The lowest BCUT2D eigenvalue weighted by molar-refractivity contribution is 0.537. The summed E-state index contributed by atoms with van der Waals surface area (Å²) < 4.78 is 1.62. The molecule has 0 aliphatic carbocycles. The highest BCUT2D eigenvalue weighted by molar-refractivity contribution is 9.10. The summed E-state index contributed by atoms with van der Waals surface area (Å²) in [6.07, 6.45) is 2.73. The van der Waals surface area contributed by atoms with E-state index in [0.717, 1.165) is 17.6 Å². The zero-order valence-corrected chi connectivity index (χ0v) is 12.0. The molecule has 1 aromatic rings. The lowest BCUT2D eigenvalue weighted by atomic mass is 10.1. The lowest BCUT2D eigenvalue weighted by Gasteiger charge is -2.23. The molecule has 0 radical (unpaired) electrons. The Morgan fingerprint density at radius 1 is 1.38 bits per heavy atom. The van der Waals surface area contributed by atoms with Crippen molar-refractivity contribution in [3.8, 4) is 0 Å². The van der Waals surface area contributed by atoms with E-state index in [1.54, 1.807) is 0 Å². The highest BCUT2D eigenvalue weighted by Gasteiger charge is 2.28. The average molecular weight is 300 g/mol. The first-order chi connectivity index (χ1) is 7.68. The van der Waals surface area contributed by atoms with Gasteiger partial charge in [-0.25, -0.2) is 0 Å². The lowest BCUT2D eigenvalue weighted by Crippen LogP contribution is -2.32. The quantitative estimate of drug-likeness (QED) is 0.907. The van der Waals surface area contributed by atoms with Crippen LogP contribution in [0.5, 0.6) is 0 Å². The van der Waals surface area contributed by atoms with Crippen molar-refractivity contribution in [1.29, 1.82) is 0 Å². The Labute approximate surface area is 111 Å². The van der Waals surface area contributed by atoms with Gasteiger partial charge >= 0.3 is 0 Å². The maximum absolute atomic E-state index is 3.57. The number of hydrogen-bond donors (Lipinski definition) is 1. The van der Waals surface area contributed by atoms with Crippen LogP contribution in [0.1, 0.15) is 25.3 Å². The minimum atomic E-state index is 0.468. The van der Waals surface area contributed by atoms with E-state index >= 15 is 0 Å². The van der Waals surface area contributed by atoms with Gasteiger partial charge in [0.15, 0.2) is 0 Å². The van der Waals surface area contributed by atoms with Crippen LogP contribution in [0.25, 0.3) is 0 Å². The fourth-order valence-electron chi connectivity index (χ4n) is 2.05. The van der Waals surface area contributed by atoms with Crippen LogP contribution in [0.3, 0.4) is 0 Å². The Hall–Kier alpha value is 0.01000. The summed E-state index contributed by atoms with van der Waals surface area (Å²) >= 11 is 5.56. The molecule has 1 aromatic carbocycles. The van der Waals surface area contributed by atoms with E-state index < -0.39 is 0 Å². The first-order valence-electron chi connectivity index (χ1n) is 5.77. The molecule has 0 saturated carbocycles. The van der Waals surface area contributed by atoms with E-state index in [-0.39, 0.29) is 0 Å². The molecule has 1 N–H and O–H groups in total. The molecule has 3 heteroatoms. The van der Waals surface area contributed by atoms with Crippen molar-refractivity contribution in [1.82, 2.24) is 5.32 Å². The van der Waals surface area contributed by atoms with Gasteiger partial charge in [0, 0.05) is 22.3 Å². The van der Waals surface area contributed by atoms with Crippen LogP contribution in [-0.2, 0) is 6.54 Å². The Kier molecular flexibility index (Phi) is 4.34. The molecule has 2 rings (SSSR count). The first-order valence-corrected chi connectivity index (χ1v) is 7.55. The maximum atomic E-state index is 3.57. The normalized spacial score (nSPS) is 24.9. The van der Waals surface area contributed by atoms with Gasteiger partial charge in [0.05, 0.1) is 0 Å². The van der Waals surface area contributed by atoms with E-state index in [9.17, 15) is 0 Å². The average Bonchev–Trinajstić information content (AvgIpc) is 2.69. The molecule has 1 nitrogen and oxygen atoms in total. The molecule has 1 unspecified atom stereocenters. The molecule has 1 heterocycles. The third-order valence-electron chi connectivity index (χ3n) is 3.04. The number of nitrogens with one attached hydrogen (secondary N) is 1. The van der Waals surface area contributed by atoms with Gasteiger partial charge < -0.3 is 5.32 Å². The minimum Gasteiger partial charge on any atom is -0.311 e. The van der Waals surface area contributed by atoms with Gasteiger partial charge in [-0.1, -0.05) is 28.1 Å². The molecule has 1 atom stereocenters. The number of benzene rings is 1. The fourth-order valence-corrected chi connectivity index (χ4v) is 3.59. The summed E-state index contributed by atoms with van der Waals surface area (Å²) in [5.41, 5.74) is 1.36. The zero-order chi connectivity index (χ0) is 11.4. The Bertz CT molecular complexity index is 330. The molecular weight excluding hydrogens is 282 g/mol. The molecule has 16 heavy (non-hydrogen) atoms. The summed E-state index contributed by atoms with van der Waals surface area (Å²) in [6, 6.07) is 8.54. The van der Waals surface area contributed by atoms with Crippen molar-refractivity contribution >= 4 is 27.7 Å². The topological polar surface area (TPSA) is 12.0 Å². The molecule has 0 aromatic heterocycles. The van der Waals surface area contributed by atoms with E-state index in [1.807, 2.05) is 0 Å². The molecule has 88 valence electrons. The van der Waals surface area contributed by atoms with E-state index in [2.05, 4.69) is 64.2 Å². The predicted molar refractivity (Wildman–Crippen MR) is 75.9 cm³/mol. The third-order valence-corrected chi connectivity index (χ3v) is 5.11. The van der Waals surface area contributed by atoms with Crippen LogP contribution in [0.2, 0.25) is 0 Å². The van der Waals surface area contributed by atoms with Gasteiger partial charge in [-0.2, -0.15) is 11.8 Å². The third kappa shape index (κ3) is 3.51. The smallest absolute Gasteiger partial charge is 0.0256 e. The summed E-state index contributed by atoms with van der Waals surface area (Å²) in [5, 5.41) is 3.57. The van der Waals surface area contributed by atoms with E-state index in [0.29, 0.717) is 4.75 Å². The standard InChI is InChI=1S/C13H18BrNS/c1-13(7-2-8-16-13)10-15-9-11-3-5-12(14)6-4-11/h3-6,15H,2,7-10H2,1H3. The van der Waals surface area contributed by atoms with E-state index in [4.69, 9.17) is 0 Å². The molecule has 1 aliphatic heterocycles. The molecule has 1 saturated heterocycles. The zero-order valence-electron chi connectivity index (χ0n) is 9.63. The van der Waals surface area contributed by atoms with Crippen LogP contribution in [0.15, 0.2) is 28.7 Å². The molecule has 1 aliphatic rings. The van der Waals surface area contributed by atoms with Crippen LogP contribution in [0.4, 0.5) is 0 Å². The molecule has 0 amide bonds. The first kappa shape index (κ1) is 12.5. The van der Waals surface area contributed by atoms with Gasteiger partial charge in [0.1, 0.15) is 0 Å². The van der Waals surface area contributed by atoms with Crippen LogP contribution >= 0.6 is 27.7 Å². The molecule has 0 spiro atoms. The minimum absolute atomic E-state index is 0.468. The van der Waals surface area contributed by atoms with Crippen molar-refractivity contribution < 1.29 is 0 Å². The maximum Gasteiger partial charge on any atom is 0.0256 e. The molecule has 1 fully saturated rings. The second-order valence-electron chi connectivity index (χ2n) is 4.63. The highest BCUT2D eigenvalue weighted by Crippen LogP contribution is 2.36. The van der Waals surface area contributed by atoms with Gasteiger partial charge in [-0.05, 0) is 43.2 Å². The van der Waals surface area contributed by atoms with Crippen LogP contribution in [-0.4, -0.2) is 17.0 Å². The fraction of sp³-hybridized carbons (Fsp3) is 0.538. The van der Waals surface area contributed by atoms with Crippen molar-refractivity contribution in [3.05, 3.63) is 34.3 Å². The van der Waals surface area contributed by atoms with Crippen molar-refractivity contribution in [2.75, 3.05) is 12.3 Å². The van der Waals surface area contributed by atoms with Gasteiger partial charge in [0.25, 0.3) is 0 Å². The monoisotopic (exact) mass is 299 g/mol. The summed E-state index contributed by atoms with van der Waals surface area (Å²) in [7, 11) is 0. The largest absolute Gasteiger partial charge is 0.311 e. The van der Waals surface area contributed by atoms with Crippen LogP contribution < -0.4 is 5.32 Å². The summed E-state index contributed by atoms with van der Waals surface area (Å²) in [4.78, 5) is 0. The number of hydrogen-bond acceptors (Lipinski definition) is 2. The van der Waals surface area contributed by atoms with Gasteiger partial charge in [-0.3, -0.25) is 0 Å². The highest BCUT2D eigenvalue weighted by atomic mass is 79.9. The Morgan fingerprint density at radius 2 is 2.12 bits per heavy atom. The van der Waals surface area contributed by atoms with E-state index in [1.165, 1.54) is 24.2 Å². The molecular formula is C13H18BrNS. The number of thioether (sulfide) groups is 1.